The van der Waals surface area contributed by atoms with Crippen LogP contribution in [0, 0.1) is 13.8 Å². The molecule has 0 bridgehead atoms. The zero-order valence-electron chi connectivity index (χ0n) is 13.9. The van der Waals surface area contributed by atoms with Gasteiger partial charge in [0.1, 0.15) is 0 Å². The maximum atomic E-state index is 12.2. The van der Waals surface area contributed by atoms with E-state index in [4.69, 9.17) is 9.47 Å². The van der Waals surface area contributed by atoms with E-state index in [1.807, 2.05) is 32.0 Å². The van der Waals surface area contributed by atoms with Crippen molar-refractivity contribution in [3.05, 3.63) is 39.9 Å². The minimum Gasteiger partial charge on any atom is -0.493 e. The van der Waals surface area contributed by atoms with E-state index in [0.717, 1.165) is 16.1 Å². The quantitative estimate of drug-likeness (QED) is 0.846. The molecule has 0 spiro atoms. The lowest BCUT2D eigenvalue weighted by Crippen LogP contribution is -2.12. The van der Waals surface area contributed by atoms with Crippen molar-refractivity contribution >= 4 is 28.5 Å². The first-order valence-corrected chi connectivity index (χ1v) is 7.92. The molecule has 0 aliphatic rings. The Morgan fingerprint density at radius 1 is 1.22 bits per heavy atom. The minimum atomic E-state index is -0.173. The second-order valence-electron chi connectivity index (χ2n) is 5.06. The third kappa shape index (κ3) is 4.10. The number of nitrogens with one attached hydrogen (secondary N) is 1. The van der Waals surface area contributed by atoms with Crippen LogP contribution in [0.3, 0.4) is 0 Å². The van der Waals surface area contributed by atoms with Crippen LogP contribution in [0.2, 0.25) is 0 Å². The van der Waals surface area contributed by atoms with E-state index in [2.05, 4.69) is 10.3 Å². The highest BCUT2D eigenvalue weighted by atomic mass is 32.1. The van der Waals surface area contributed by atoms with Gasteiger partial charge in [0.15, 0.2) is 16.6 Å². The number of thiazole rings is 1. The smallest absolute Gasteiger partial charge is 0.253 e. The predicted molar refractivity (Wildman–Crippen MR) is 93.4 cm³/mol. The highest BCUT2D eigenvalue weighted by molar-refractivity contribution is 7.15. The molecule has 1 aromatic heterocycles. The van der Waals surface area contributed by atoms with Crippen LogP contribution in [-0.2, 0) is 4.79 Å². The van der Waals surface area contributed by atoms with Crippen molar-refractivity contribution in [2.75, 3.05) is 19.5 Å². The molecule has 2 rings (SSSR count). The number of carbonyl (C=O) groups excluding carboxylic acids is 1. The molecule has 122 valence electrons. The van der Waals surface area contributed by atoms with Gasteiger partial charge in [0, 0.05) is 10.5 Å². The molecule has 0 aliphatic heterocycles. The van der Waals surface area contributed by atoms with Gasteiger partial charge in [-0.25, -0.2) is 4.98 Å². The molecular formula is C17H20N2O3S. The summed E-state index contributed by atoms with van der Waals surface area (Å²) in [6.45, 7) is 5.67. The highest BCUT2D eigenvalue weighted by Crippen LogP contribution is 2.28. The number of aromatic nitrogens is 1. The topological polar surface area (TPSA) is 60.5 Å². The molecule has 0 aliphatic carbocycles. The monoisotopic (exact) mass is 332 g/mol. The summed E-state index contributed by atoms with van der Waals surface area (Å²) < 4.78 is 10.5. The first kappa shape index (κ1) is 17.0. The first-order valence-electron chi connectivity index (χ1n) is 7.10. The van der Waals surface area contributed by atoms with Crippen molar-refractivity contribution in [3.63, 3.8) is 0 Å². The summed E-state index contributed by atoms with van der Waals surface area (Å²) in [5.41, 5.74) is 2.39. The van der Waals surface area contributed by atoms with Crippen LogP contribution in [-0.4, -0.2) is 25.1 Å². The Kier molecular flexibility index (Phi) is 5.39. The number of aryl methyl sites for hydroxylation is 2. The minimum absolute atomic E-state index is 0.173. The molecule has 0 unspecified atom stereocenters. The standard InChI is InChI=1S/C17H20N2O3S/c1-10(16(20)19-17-18-11(2)12(3)23-17)8-13-6-7-14(21-4)15(9-13)22-5/h6-9H,1-5H3,(H,18,19,20)/b10-8+. The molecule has 1 heterocycles. The van der Waals surface area contributed by atoms with Crippen molar-refractivity contribution in [1.29, 1.82) is 0 Å². The van der Waals surface area contributed by atoms with Crippen molar-refractivity contribution in [1.82, 2.24) is 4.98 Å². The average Bonchev–Trinajstić information content (AvgIpc) is 2.84. The van der Waals surface area contributed by atoms with Crippen LogP contribution in [0.25, 0.3) is 6.08 Å². The summed E-state index contributed by atoms with van der Waals surface area (Å²) in [4.78, 5) is 17.7. The number of hydrogen-bond donors (Lipinski definition) is 1. The molecule has 23 heavy (non-hydrogen) atoms. The van der Waals surface area contributed by atoms with Gasteiger partial charge in [0.05, 0.1) is 19.9 Å². The number of carbonyl (C=O) groups is 1. The lowest BCUT2D eigenvalue weighted by molar-refractivity contribution is -0.112. The van der Waals surface area contributed by atoms with Crippen molar-refractivity contribution in [3.8, 4) is 11.5 Å². The lowest BCUT2D eigenvalue weighted by Gasteiger charge is -2.08. The maximum Gasteiger partial charge on any atom is 0.253 e. The van der Waals surface area contributed by atoms with E-state index in [9.17, 15) is 4.79 Å². The Morgan fingerprint density at radius 3 is 2.48 bits per heavy atom. The normalized spacial score (nSPS) is 11.3. The molecular weight excluding hydrogens is 312 g/mol. The highest BCUT2D eigenvalue weighted by Gasteiger charge is 2.10. The Labute approximate surface area is 140 Å². The van der Waals surface area contributed by atoms with Crippen LogP contribution in [0.1, 0.15) is 23.1 Å². The summed E-state index contributed by atoms with van der Waals surface area (Å²) in [6.07, 6.45) is 1.80. The van der Waals surface area contributed by atoms with Gasteiger partial charge in [0.25, 0.3) is 5.91 Å². The van der Waals surface area contributed by atoms with E-state index in [1.54, 1.807) is 27.2 Å². The zero-order chi connectivity index (χ0) is 17.0. The summed E-state index contributed by atoms with van der Waals surface area (Å²) in [5, 5.41) is 3.43. The van der Waals surface area contributed by atoms with Gasteiger partial charge < -0.3 is 9.47 Å². The Balaban J connectivity index is 2.16. The van der Waals surface area contributed by atoms with Crippen molar-refractivity contribution in [2.24, 2.45) is 0 Å². The van der Waals surface area contributed by atoms with Crippen LogP contribution in [0.15, 0.2) is 23.8 Å². The second-order valence-corrected chi connectivity index (χ2v) is 6.26. The van der Waals surface area contributed by atoms with Gasteiger partial charge in [-0.2, -0.15) is 0 Å². The SMILES string of the molecule is COc1ccc(/C=C(\C)C(=O)Nc2nc(C)c(C)s2)cc1OC. The largest absolute Gasteiger partial charge is 0.493 e. The molecule has 1 aromatic carbocycles. The van der Waals surface area contributed by atoms with Crippen molar-refractivity contribution in [2.45, 2.75) is 20.8 Å². The van der Waals surface area contributed by atoms with E-state index < -0.39 is 0 Å². The fourth-order valence-corrected chi connectivity index (χ4v) is 2.79. The fraction of sp³-hybridized carbons (Fsp3) is 0.294. The van der Waals surface area contributed by atoms with Gasteiger partial charge >= 0.3 is 0 Å². The molecule has 1 amide bonds. The Hall–Kier alpha value is -2.34. The van der Waals surface area contributed by atoms with Gasteiger partial charge in [-0.15, -0.1) is 11.3 Å². The third-order valence-corrected chi connectivity index (χ3v) is 4.39. The zero-order valence-corrected chi connectivity index (χ0v) is 14.7. The lowest BCUT2D eigenvalue weighted by atomic mass is 10.1. The van der Waals surface area contributed by atoms with E-state index in [0.29, 0.717) is 22.2 Å². The van der Waals surface area contributed by atoms with Crippen LogP contribution in [0.5, 0.6) is 11.5 Å². The number of nitrogens with zero attached hydrogens (tertiary/aromatic N) is 1. The van der Waals surface area contributed by atoms with E-state index in [1.165, 1.54) is 11.3 Å². The molecule has 0 saturated carbocycles. The third-order valence-electron chi connectivity index (χ3n) is 3.40. The summed E-state index contributed by atoms with van der Waals surface area (Å²) in [6, 6.07) is 5.51. The fourth-order valence-electron chi connectivity index (χ4n) is 1.98. The van der Waals surface area contributed by atoms with Crippen LogP contribution >= 0.6 is 11.3 Å². The molecule has 2 aromatic rings. The molecule has 6 heteroatoms. The number of amides is 1. The first-order chi connectivity index (χ1) is 10.9. The summed E-state index contributed by atoms with van der Waals surface area (Å²) >= 11 is 1.47. The van der Waals surface area contributed by atoms with Crippen LogP contribution < -0.4 is 14.8 Å². The second kappa shape index (κ2) is 7.28. The molecule has 0 radical (unpaired) electrons. The van der Waals surface area contributed by atoms with Gasteiger partial charge in [0.2, 0.25) is 0 Å². The number of benzene rings is 1. The molecule has 1 N–H and O–H groups in total. The number of ether oxygens (including phenoxy) is 2. The maximum absolute atomic E-state index is 12.2. The summed E-state index contributed by atoms with van der Waals surface area (Å²) in [5.74, 6) is 1.11. The van der Waals surface area contributed by atoms with Crippen LogP contribution in [0.4, 0.5) is 5.13 Å². The molecule has 5 nitrogen and oxygen atoms in total. The molecule has 0 atom stereocenters. The number of methoxy groups -OCH3 is 2. The number of hydrogen-bond acceptors (Lipinski definition) is 5. The van der Waals surface area contributed by atoms with Gasteiger partial charge in [-0.3, -0.25) is 10.1 Å². The molecule has 0 fully saturated rings. The number of anilines is 1. The van der Waals surface area contributed by atoms with Gasteiger partial charge in [-0.1, -0.05) is 6.07 Å². The average molecular weight is 332 g/mol. The molecule has 0 saturated heterocycles. The van der Waals surface area contributed by atoms with Crippen molar-refractivity contribution < 1.29 is 14.3 Å². The van der Waals surface area contributed by atoms with Gasteiger partial charge in [-0.05, 0) is 44.5 Å². The summed E-state index contributed by atoms with van der Waals surface area (Å²) in [7, 11) is 3.17. The Morgan fingerprint density at radius 2 is 1.91 bits per heavy atom. The van der Waals surface area contributed by atoms with E-state index in [-0.39, 0.29) is 5.91 Å². The predicted octanol–water partition coefficient (Wildman–Crippen LogP) is 3.82. The Bertz CT molecular complexity index is 731. The number of rotatable bonds is 5. The van der Waals surface area contributed by atoms with E-state index >= 15 is 0 Å².